The van der Waals surface area contributed by atoms with E-state index in [1.165, 1.54) is 12.8 Å². The molecule has 0 spiro atoms. The zero-order chi connectivity index (χ0) is 13.0. The monoisotopic (exact) mass is 286 g/mol. The van der Waals surface area contributed by atoms with Gasteiger partial charge < -0.3 is 10.6 Å². The first-order valence-corrected chi connectivity index (χ1v) is 6.88. The zero-order valence-corrected chi connectivity index (χ0v) is 11.5. The van der Waals surface area contributed by atoms with E-state index in [2.05, 4.69) is 10.6 Å². The van der Waals surface area contributed by atoms with Gasteiger partial charge in [-0.25, -0.2) is 0 Å². The molecule has 1 amide bonds. The fraction of sp³-hybridized carbons (Fsp3) is 0.462. The minimum atomic E-state index is -0.0692. The fourth-order valence-electron chi connectivity index (χ4n) is 2.20. The summed E-state index contributed by atoms with van der Waals surface area (Å²) in [5.41, 5.74) is 0.630. The van der Waals surface area contributed by atoms with Crippen LogP contribution in [0.5, 0.6) is 0 Å². The van der Waals surface area contributed by atoms with E-state index in [9.17, 15) is 4.79 Å². The van der Waals surface area contributed by atoms with E-state index in [0.29, 0.717) is 28.3 Å². The number of halogens is 2. The van der Waals surface area contributed by atoms with Crippen LogP contribution < -0.4 is 10.6 Å². The molecule has 0 unspecified atom stereocenters. The maximum Gasteiger partial charge on any atom is 0.238 e. The van der Waals surface area contributed by atoms with Crippen molar-refractivity contribution in [2.75, 3.05) is 11.9 Å². The summed E-state index contributed by atoms with van der Waals surface area (Å²) in [7, 11) is 0. The molecule has 1 fully saturated rings. The topological polar surface area (TPSA) is 41.1 Å². The maximum absolute atomic E-state index is 11.7. The molecule has 0 saturated heterocycles. The summed E-state index contributed by atoms with van der Waals surface area (Å²) in [6.45, 7) is 0.328. The molecule has 0 aliphatic heterocycles. The number of hydrogen-bond acceptors (Lipinski definition) is 2. The highest BCUT2D eigenvalue weighted by Crippen LogP contribution is 2.22. The smallest absolute Gasteiger partial charge is 0.238 e. The molecular formula is C13H16Cl2N2O. The van der Waals surface area contributed by atoms with E-state index in [1.807, 2.05) is 0 Å². The third-order valence-electron chi connectivity index (χ3n) is 3.05. The Balaban J connectivity index is 1.82. The average Bonchev–Trinajstić information content (AvgIpc) is 2.77. The summed E-state index contributed by atoms with van der Waals surface area (Å²) in [5, 5.41) is 7.06. The van der Waals surface area contributed by atoms with E-state index < -0.39 is 0 Å². The first-order valence-electron chi connectivity index (χ1n) is 6.13. The predicted octanol–water partition coefficient (Wildman–Crippen LogP) is 3.46. The fourth-order valence-corrected chi connectivity index (χ4v) is 2.72. The van der Waals surface area contributed by atoms with Crippen molar-refractivity contribution in [2.45, 2.75) is 31.7 Å². The Morgan fingerprint density at radius 3 is 2.39 bits per heavy atom. The van der Waals surface area contributed by atoms with Gasteiger partial charge in [-0.3, -0.25) is 4.79 Å². The molecule has 1 aromatic carbocycles. The van der Waals surface area contributed by atoms with Gasteiger partial charge in [-0.1, -0.05) is 36.0 Å². The SMILES string of the molecule is O=C(CNC1CCCC1)Nc1cc(Cl)cc(Cl)c1. The maximum atomic E-state index is 11.7. The molecule has 0 bridgehead atoms. The lowest BCUT2D eigenvalue weighted by Crippen LogP contribution is -2.34. The van der Waals surface area contributed by atoms with Crippen molar-refractivity contribution >= 4 is 34.8 Å². The minimum Gasteiger partial charge on any atom is -0.325 e. The van der Waals surface area contributed by atoms with Gasteiger partial charge in [-0.15, -0.1) is 0 Å². The molecule has 1 aliphatic rings. The second kappa shape index (κ2) is 6.41. The van der Waals surface area contributed by atoms with Gasteiger partial charge in [0.05, 0.1) is 6.54 Å². The lowest BCUT2D eigenvalue weighted by Gasteiger charge is -2.12. The van der Waals surface area contributed by atoms with E-state index in [0.717, 1.165) is 12.8 Å². The van der Waals surface area contributed by atoms with E-state index >= 15 is 0 Å². The first kappa shape index (κ1) is 13.7. The molecule has 0 atom stereocenters. The van der Waals surface area contributed by atoms with Gasteiger partial charge in [0.2, 0.25) is 5.91 Å². The number of hydrogen-bond donors (Lipinski definition) is 2. The number of carbonyl (C=O) groups excluding carboxylic acids is 1. The minimum absolute atomic E-state index is 0.0692. The summed E-state index contributed by atoms with van der Waals surface area (Å²) in [6, 6.07) is 5.48. The molecular weight excluding hydrogens is 271 g/mol. The summed E-state index contributed by atoms with van der Waals surface area (Å²) in [4.78, 5) is 11.7. The largest absolute Gasteiger partial charge is 0.325 e. The van der Waals surface area contributed by atoms with Crippen LogP contribution in [0, 0.1) is 0 Å². The molecule has 0 heterocycles. The summed E-state index contributed by atoms with van der Waals surface area (Å²) >= 11 is 11.7. The summed E-state index contributed by atoms with van der Waals surface area (Å²) in [5.74, 6) is -0.0692. The third-order valence-corrected chi connectivity index (χ3v) is 3.49. The Bertz CT molecular complexity index is 411. The van der Waals surface area contributed by atoms with Crippen LogP contribution in [0.3, 0.4) is 0 Å². The highest BCUT2D eigenvalue weighted by molar-refractivity contribution is 6.35. The first-order chi connectivity index (χ1) is 8.63. The van der Waals surface area contributed by atoms with Crippen LogP contribution in [-0.4, -0.2) is 18.5 Å². The van der Waals surface area contributed by atoms with Crippen molar-refractivity contribution in [3.05, 3.63) is 28.2 Å². The highest BCUT2D eigenvalue weighted by atomic mass is 35.5. The normalized spacial score (nSPS) is 15.9. The molecule has 1 saturated carbocycles. The Kier molecular flexibility index (Phi) is 4.87. The molecule has 0 aromatic heterocycles. The van der Waals surface area contributed by atoms with Crippen molar-refractivity contribution in [2.24, 2.45) is 0 Å². The third kappa shape index (κ3) is 4.16. The second-order valence-electron chi connectivity index (χ2n) is 4.57. The molecule has 0 radical (unpaired) electrons. The Morgan fingerprint density at radius 1 is 1.17 bits per heavy atom. The number of nitrogens with one attached hydrogen (secondary N) is 2. The van der Waals surface area contributed by atoms with Gasteiger partial charge in [0.25, 0.3) is 0 Å². The number of benzene rings is 1. The number of rotatable bonds is 4. The lowest BCUT2D eigenvalue weighted by atomic mass is 10.2. The van der Waals surface area contributed by atoms with E-state index in [1.54, 1.807) is 18.2 Å². The molecule has 3 nitrogen and oxygen atoms in total. The molecule has 18 heavy (non-hydrogen) atoms. The number of anilines is 1. The van der Waals surface area contributed by atoms with Crippen LogP contribution in [0.25, 0.3) is 0 Å². The zero-order valence-electron chi connectivity index (χ0n) is 10.0. The average molecular weight is 287 g/mol. The summed E-state index contributed by atoms with van der Waals surface area (Å²) in [6.07, 6.45) is 4.83. The van der Waals surface area contributed by atoms with Crippen molar-refractivity contribution in [3.8, 4) is 0 Å². The quantitative estimate of drug-likeness (QED) is 0.890. The van der Waals surface area contributed by atoms with Crippen LogP contribution in [0.2, 0.25) is 10.0 Å². The van der Waals surface area contributed by atoms with Gasteiger partial charge in [-0.2, -0.15) is 0 Å². The molecule has 5 heteroatoms. The molecule has 2 rings (SSSR count). The van der Waals surface area contributed by atoms with E-state index in [4.69, 9.17) is 23.2 Å². The van der Waals surface area contributed by atoms with E-state index in [-0.39, 0.29) is 5.91 Å². The number of carbonyl (C=O) groups is 1. The Labute approximate surface area is 117 Å². The van der Waals surface area contributed by atoms with Crippen molar-refractivity contribution in [1.82, 2.24) is 5.32 Å². The van der Waals surface area contributed by atoms with Crippen LogP contribution in [-0.2, 0) is 4.79 Å². The molecule has 1 aliphatic carbocycles. The van der Waals surface area contributed by atoms with Gasteiger partial charge >= 0.3 is 0 Å². The van der Waals surface area contributed by atoms with Gasteiger partial charge in [0, 0.05) is 21.8 Å². The lowest BCUT2D eigenvalue weighted by molar-refractivity contribution is -0.115. The van der Waals surface area contributed by atoms with Crippen LogP contribution >= 0.6 is 23.2 Å². The molecule has 2 N–H and O–H groups in total. The Morgan fingerprint density at radius 2 is 1.78 bits per heavy atom. The highest BCUT2D eigenvalue weighted by Gasteiger charge is 2.15. The standard InChI is InChI=1S/C13H16Cl2N2O/c14-9-5-10(15)7-12(6-9)17-13(18)8-16-11-3-1-2-4-11/h5-7,11,16H,1-4,8H2,(H,17,18). The van der Waals surface area contributed by atoms with Gasteiger partial charge in [-0.05, 0) is 31.0 Å². The van der Waals surface area contributed by atoms with Crippen molar-refractivity contribution < 1.29 is 4.79 Å². The molecule has 1 aromatic rings. The van der Waals surface area contributed by atoms with Crippen LogP contribution in [0.1, 0.15) is 25.7 Å². The second-order valence-corrected chi connectivity index (χ2v) is 5.44. The van der Waals surface area contributed by atoms with Crippen LogP contribution in [0.4, 0.5) is 5.69 Å². The number of amides is 1. The Hall–Kier alpha value is -0.770. The van der Waals surface area contributed by atoms with Gasteiger partial charge in [0.15, 0.2) is 0 Å². The predicted molar refractivity (Wildman–Crippen MR) is 75.4 cm³/mol. The van der Waals surface area contributed by atoms with Crippen molar-refractivity contribution in [1.29, 1.82) is 0 Å². The summed E-state index contributed by atoms with van der Waals surface area (Å²) < 4.78 is 0. The van der Waals surface area contributed by atoms with Crippen molar-refractivity contribution in [3.63, 3.8) is 0 Å². The van der Waals surface area contributed by atoms with Gasteiger partial charge in [0.1, 0.15) is 0 Å². The molecule has 98 valence electrons. The van der Waals surface area contributed by atoms with Crippen LogP contribution in [0.15, 0.2) is 18.2 Å².